The number of hydrogen-bond donors (Lipinski definition) is 0. The van der Waals surface area contributed by atoms with Crippen LogP contribution in [0.3, 0.4) is 0 Å². The maximum absolute atomic E-state index is 12.7. The second-order valence-corrected chi connectivity index (χ2v) is 5.31. The van der Waals surface area contributed by atoms with Gasteiger partial charge in [0.1, 0.15) is 0 Å². The fraction of sp³-hybridized carbons (Fsp3) is 0.214. The molecule has 3 rings (SSSR count). The van der Waals surface area contributed by atoms with E-state index < -0.39 is 0 Å². The average Bonchev–Trinajstić information content (AvgIpc) is 2.48. The lowest BCUT2D eigenvalue weighted by molar-refractivity contribution is 0.0984. The molecular weight excluding hydrogens is 297 g/mol. The highest BCUT2D eigenvalue weighted by Gasteiger charge is 2.25. The van der Waals surface area contributed by atoms with Crippen LogP contribution >= 0.6 is 23.2 Å². The fourth-order valence-corrected chi connectivity index (χ4v) is 2.71. The van der Waals surface area contributed by atoms with Crippen molar-refractivity contribution in [3.63, 3.8) is 0 Å². The van der Waals surface area contributed by atoms with Crippen molar-refractivity contribution in [2.45, 2.75) is 12.8 Å². The summed E-state index contributed by atoms with van der Waals surface area (Å²) in [5, 5.41) is 7.54. The van der Waals surface area contributed by atoms with E-state index in [0.717, 1.165) is 24.1 Å². The molecular formula is C14H11Cl2N3O. The molecule has 0 bridgehead atoms. The summed E-state index contributed by atoms with van der Waals surface area (Å²) >= 11 is 11.8. The Hall–Kier alpha value is -1.65. The Kier molecular flexibility index (Phi) is 3.59. The summed E-state index contributed by atoms with van der Waals surface area (Å²) in [5.41, 5.74) is 2.37. The normalized spacial score (nSPS) is 14.0. The smallest absolute Gasteiger partial charge is 0.261 e. The highest BCUT2D eigenvalue weighted by atomic mass is 35.5. The van der Waals surface area contributed by atoms with Gasteiger partial charge in [0.25, 0.3) is 5.91 Å². The molecule has 2 aromatic rings. The average molecular weight is 308 g/mol. The molecule has 0 N–H and O–H groups in total. The van der Waals surface area contributed by atoms with Gasteiger partial charge in [0.05, 0.1) is 5.56 Å². The molecule has 0 radical (unpaired) electrons. The van der Waals surface area contributed by atoms with E-state index in [-0.39, 0.29) is 21.8 Å². The van der Waals surface area contributed by atoms with Crippen LogP contribution in [0.1, 0.15) is 22.3 Å². The number of nitrogens with zero attached hydrogens (tertiary/aromatic N) is 3. The maximum atomic E-state index is 12.7. The molecule has 1 aromatic heterocycles. The molecule has 1 aromatic carbocycles. The van der Waals surface area contributed by atoms with Gasteiger partial charge in [-0.2, -0.15) is 0 Å². The molecule has 102 valence electrons. The molecule has 0 unspecified atom stereocenters. The third kappa shape index (κ3) is 2.37. The minimum absolute atomic E-state index is 0.0717. The van der Waals surface area contributed by atoms with Gasteiger partial charge in [-0.25, -0.2) is 0 Å². The van der Waals surface area contributed by atoms with E-state index in [1.807, 2.05) is 24.3 Å². The second-order valence-electron chi connectivity index (χ2n) is 4.56. The summed E-state index contributed by atoms with van der Waals surface area (Å²) in [6.45, 7) is 0.659. The van der Waals surface area contributed by atoms with Crippen molar-refractivity contribution < 1.29 is 4.79 Å². The largest absolute Gasteiger partial charge is 0.308 e. The monoisotopic (exact) mass is 307 g/mol. The summed E-state index contributed by atoms with van der Waals surface area (Å²) in [6, 6.07) is 9.33. The van der Waals surface area contributed by atoms with E-state index >= 15 is 0 Å². The molecule has 0 atom stereocenters. The van der Waals surface area contributed by atoms with Gasteiger partial charge >= 0.3 is 0 Å². The molecule has 20 heavy (non-hydrogen) atoms. The molecule has 0 fully saturated rings. The maximum Gasteiger partial charge on any atom is 0.261 e. The van der Waals surface area contributed by atoms with Crippen molar-refractivity contribution in [2.24, 2.45) is 0 Å². The molecule has 0 spiro atoms. The summed E-state index contributed by atoms with van der Waals surface area (Å²) in [4.78, 5) is 14.4. The van der Waals surface area contributed by atoms with Crippen LogP contribution in [0.2, 0.25) is 10.3 Å². The Bertz CT molecular complexity index is 675. The molecule has 1 aliphatic heterocycles. The quantitative estimate of drug-likeness (QED) is 0.811. The van der Waals surface area contributed by atoms with Gasteiger partial charge in [0, 0.05) is 12.2 Å². The van der Waals surface area contributed by atoms with E-state index in [1.165, 1.54) is 6.07 Å². The Balaban J connectivity index is 2.02. The molecule has 6 heteroatoms. The first-order valence-corrected chi connectivity index (χ1v) is 7.01. The number of carbonyl (C=O) groups is 1. The third-order valence-electron chi connectivity index (χ3n) is 3.30. The minimum atomic E-state index is -0.195. The first-order chi connectivity index (χ1) is 9.66. The number of amides is 1. The van der Waals surface area contributed by atoms with Gasteiger partial charge in [0.2, 0.25) is 0 Å². The first-order valence-electron chi connectivity index (χ1n) is 6.25. The van der Waals surface area contributed by atoms with E-state index in [9.17, 15) is 4.79 Å². The van der Waals surface area contributed by atoms with Crippen molar-refractivity contribution in [2.75, 3.05) is 11.4 Å². The Morgan fingerprint density at radius 1 is 1.20 bits per heavy atom. The van der Waals surface area contributed by atoms with Crippen molar-refractivity contribution >= 4 is 34.8 Å². The van der Waals surface area contributed by atoms with Gasteiger partial charge in [-0.3, -0.25) is 4.79 Å². The number of carbonyl (C=O) groups excluding carboxylic acids is 1. The highest BCUT2D eigenvalue weighted by molar-refractivity contribution is 6.34. The number of anilines is 1. The number of para-hydroxylation sites is 1. The zero-order valence-electron chi connectivity index (χ0n) is 10.5. The van der Waals surface area contributed by atoms with Crippen LogP contribution in [0.4, 0.5) is 5.69 Å². The molecule has 2 heterocycles. The first kappa shape index (κ1) is 13.3. The van der Waals surface area contributed by atoms with Crippen LogP contribution in [0.5, 0.6) is 0 Å². The number of aromatic nitrogens is 2. The predicted molar refractivity (Wildman–Crippen MR) is 78.5 cm³/mol. The van der Waals surface area contributed by atoms with Crippen molar-refractivity contribution in [3.8, 4) is 0 Å². The van der Waals surface area contributed by atoms with E-state index in [2.05, 4.69) is 10.2 Å². The van der Waals surface area contributed by atoms with Gasteiger partial charge in [-0.15, -0.1) is 10.2 Å². The van der Waals surface area contributed by atoms with Gasteiger partial charge in [0.15, 0.2) is 10.3 Å². The van der Waals surface area contributed by atoms with Gasteiger partial charge < -0.3 is 4.90 Å². The summed E-state index contributed by atoms with van der Waals surface area (Å²) in [7, 11) is 0. The number of fused-ring (bicyclic) bond motifs is 1. The lowest BCUT2D eigenvalue weighted by Crippen LogP contribution is -2.35. The van der Waals surface area contributed by atoms with Crippen LogP contribution in [0.15, 0.2) is 30.3 Å². The van der Waals surface area contributed by atoms with E-state index in [4.69, 9.17) is 23.2 Å². The van der Waals surface area contributed by atoms with Gasteiger partial charge in [-0.05, 0) is 30.5 Å². The third-order valence-corrected chi connectivity index (χ3v) is 3.77. The van der Waals surface area contributed by atoms with Crippen LogP contribution < -0.4 is 4.90 Å². The molecule has 0 saturated carbocycles. The van der Waals surface area contributed by atoms with Crippen LogP contribution in [0, 0.1) is 0 Å². The predicted octanol–water partition coefficient (Wildman–Crippen LogP) is 3.38. The van der Waals surface area contributed by atoms with E-state index in [0.29, 0.717) is 6.54 Å². The Morgan fingerprint density at radius 3 is 2.85 bits per heavy atom. The van der Waals surface area contributed by atoms with Crippen LogP contribution in [-0.4, -0.2) is 22.6 Å². The lowest BCUT2D eigenvalue weighted by atomic mass is 10.0. The topological polar surface area (TPSA) is 46.1 Å². The van der Waals surface area contributed by atoms with Gasteiger partial charge in [-0.1, -0.05) is 41.4 Å². The van der Waals surface area contributed by atoms with Crippen molar-refractivity contribution in [3.05, 3.63) is 51.8 Å². The fourth-order valence-electron chi connectivity index (χ4n) is 2.39. The van der Waals surface area contributed by atoms with Crippen LogP contribution in [0.25, 0.3) is 0 Å². The summed E-state index contributed by atoms with van der Waals surface area (Å²) in [6.07, 6.45) is 1.90. The van der Waals surface area contributed by atoms with Crippen LogP contribution in [-0.2, 0) is 6.42 Å². The van der Waals surface area contributed by atoms with E-state index in [1.54, 1.807) is 4.90 Å². The summed E-state index contributed by atoms with van der Waals surface area (Å²) in [5.74, 6) is -0.195. The Labute approximate surface area is 126 Å². The molecule has 1 amide bonds. The molecule has 0 aliphatic carbocycles. The lowest BCUT2D eigenvalue weighted by Gasteiger charge is -2.29. The zero-order valence-corrected chi connectivity index (χ0v) is 12.0. The Morgan fingerprint density at radius 2 is 2.00 bits per heavy atom. The minimum Gasteiger partial charge on any atom is -0.308 e. The standard InChI is InChI=1S/C14H11Cl2N3O/c15-12-8-10(13(16)18-17-12)14(20)19-7-3-5-9-4-1-2-6-11(9)19/h1-2,4,6,8H,3,5,7H2. The van der Waals surface area contributed by atoms with Crippen molar-refractivity contribution in [1.29, 1.82) is 0 Å². The second kappa shape index (κ2) is 5.38. The molecule has 1 aliphatic rings. The molecule has 4 nitrogen and oxygen atoms in total. The summed E-state index contributed by atoms with van der Waals surface area (Å²) < 4.78 is 0. The molecule has 0 saturated heterocycles. The van der Waals surface area contributed by atoms with Crippen molar-refractivity contribution in [1.82, 2.24) is 10.2 Å². The number of halogens is 2. The zero-order chi connectivity index (χ0) is 14.1. The SMILES string of the molecule is O=C(c1cc(Cl)nnc1Cl)N1CCCc2ccccc21. The number of hydrogen-bond acceptors (Lipinski definition) is 3. The number of benzene rings is 1. The highest BCUT2D eigenvalue weighted by Crippen LogP contribution is 2.29. The number of rotatable bonds is 1. The number of aryl methyl sites for hydroxylation is 1.